The van der Waals surface area contributed by atoms with Gasteiger partial charge in [-0.05, 0) is 32.6 Å². The molecule has 0 radical (unpaired) electrons. The largest absolute Gasteiger partial charge is 0.481 e. The van der Waals surface area contributed by atoms with Gasteiger partial charge in [0.25, 0.3) is 5.56 Å². The standard InChI is InChI=1S/C15H23N3O3/c1-10(2)18-8-7-16-13(14(18)19)17-9-11-5-3-4-6-12(11)15(20)21/h7-8,10-12H,3-6,9H2,1-2H3,(H,16,17)(H,20,21). The first kappa shape index (κ1) is 15.5. The average Bonchev–Trinajstić information content (AvgIpc) is 2.46. The lowest BCUT2D eigenvalue weighted by Gasteiger charge is -2.28. The quantitative estimate of drug-likeness (QED) is 0.868. The fourth-order valence-electron chi connectivity index (χ4n) is 2.96. The van der Waals surface area contributed by atoms with Crippen molar-refractivity contribution in [2.75, 3.05) is 11.9 Å². The molecule has 6 nitrogen and oxygen atoms in total. The number of hydrogen-bond donors (Lipinski definition) is 2. The van der Waals surface area contributed by atoms with Crippen LogP contribution in [-0.2, 0) is 4.79 Å². The third kappa shape index (κ3) is 3.62. The van der Waals surface area contributed by atoms with E-state index in [1.807, 2.05) is 13.8 Å². The molecule has 1 aliphatic carbocycles. The summed E-state index contributed by atoms with van der Waals surface area (Å²) in [6.07, 6.45) is 6.89. The van der Waals surface area contributed by atoms with Crippen molar-refractivity contribution in [2.24, 2.45) is 11.8 Å². The number of carboxylic acid groups (broad SMARTS) is 1. The van der Waals surface area contributed by atoms with Crippen LogP contribution in [0.5, 0.6) is 0 Å². The minimum Gasteiger partial charge on any atom is -0.481 e. The highest BCUT2D eigenvalue weighted by Crippen LogP contribution is 2.30. The number of hydrogen-bond acceptors (Lipinski definition) is 4. The molecule has 1 aliphatic rings. The predicted octanol–water partition coefficient (Wildman–Crippen LogP) is 2.13. The summed E-state index contributed by atoms with van der Waals surface area (Å²) in [5.74, 6) is -0.685. The number of aliphatic carboxylic acids is 1. The van der Waals surface area contributed by atoms with Gasteiger partial charge in [-0.2, -0.15) is 0 Å². The van der Waals surface area contributed by atoms with E-state index in [2.05, 4.69) is 10.3 Å². The summed E-state index contributed by atoms with van der Waals surface area (Å²) in [6, 6.07) is 0.0718. The van der Waals surface area contributed by atoms with E-state index >= 15 is 0 Å². The topological polar surface area (TPSA) is 84.2 Å². The summed E-state index contributed by atoms with van der Waals surface area (Å²) in [4.78, 5) is 27.6. The summed E-state index contributed by atoms with van der Waals surface area (Å²) in [6.45, 7) is 4.36. The van der Waals surface area contributed by atoms with E-state index in [1.165, 1.54) is 0 Å². The molecule has 2 unspecified atom stereocenters. The Bertz CT molecular complexity index is 553. The second kappa shape index (κ2) is 6.74. The van der Waals surface area contributed by atoms with Crippen molar-refractivity contribution in [2.45, 2.75) is 45.6 Å². The van der Waals surface area contributed by atoms with Gasteiger partial charge in [0.05, 0.1) is 5.92 Å². The first-order chi connectivity index (χ1) is 10.0. The molecule has 0 bridgehead atoms. The molecule has 1 aromatic rings. The molecule has 0 amide bonds. The number of nitrogens with one attached hydrogen (secondary N) is 1. The van der Waals surface area contributed by atoms with Gasteiger partial charge in [-0.1, -0.05) is 12.8 Å². The van der Waals surface area contributed by atoms with Gasteiger partial charge in [0.2, 0.25) is 0 Å². The lowest BCUT2D eigenvalue weighted by Crippen LogP contribution is -2.34. The fraction of sp³-hybridized carbons (Fsp3) is 0.667. The van der Waals surface area contributed by atoms with Gasteiger partial charge < -0.3 is 15.0 Å². The van der Waals surface area contributed by atoms with Crippen LogP contribution in [0.15, 0.2) is 17.2 Å². The molecule has 1 saturated carbocycles. The second-order valence-corrected chi connectivity index (χ2v) is 5.95. The van der Waals surface area contributed by atoms with Crippen LogP contribution in [0.3, 0.4) is 0 Å². The molecule has 2 atom stereocenters. The fourth-order valence-corrected chi connectivity index (χ4v) is 2.96. The zero-order valence-corrected chi connectivity index (χ0v) is 12.6. The number of carbonyl (C=O) groups is 1. The molecule has 0 saturated heterocycles. The molecule has 21 heavy (non-hydrogen) atoms. The number of anilines is 1. The molecule has 2 N–H and O–H groups in total. The van der Waals surface area contributed by atoms with Gasteiger partial charge in [-0.3, -0.25) is 9.59 Å². The molecule has 1 aromatic heterocycles. The van der Waals surface area contributed by atoms with Crippen molar-refractivity contribution in [3.8, 4) is 0 Å². The van der Waals surface area contributed by atoms with Crippen molar-refractivity contribution in [1.29, 1.82) is 0 Å². The maximum atomic E-state index is 12.2. The Morgan fingerprint density at radius 2 is 2.19 bits per heavy atom. The number of rotatable bonds is 5. The first-order valence-corrected chi connectivity index (χ1v) is 7.54. The molecule has 0 aliphatic heterocycles. The normalized spacial score (nSPS) is 22.2. The smallest absolute Gasteiger partial charge is 0.306 e. The molecule has 2 rings (SSSR count). The molecule has 1 heterocycles. The molecule has 0 aromatic carbocycles. The SMILES string of the molecule is CC(C)n1ccnc(NCC2CCCCC2C(=O)O)c1=O. The highest BCUT2D eigenvalue weighted by Gasteiger charge is 2.30. The molecule has 116 valence electrons. The van der Waals surface area contributed by atoms with Gasteiger partial charge in [0.1, 0.15) is 0 Å². The van der Waals surface area contributed by atoms with E-state index < -0.39 is 5.97 Å². The Labute approximate surface area is 124 Å². The Kier molecular flexibility index (Phi) is 4.98. The Balaban J connectivity index is 2.07. The van der Waals surface area contributed by atoms with Crippen molar-refractivity contribution in [3.63, 3.8) is 0 Å². The van der Waals surface area contributed by atoms with Crippen molar-refractivity contribution in [1.82, 2.24) is 9.55 Å². The van der Waals surface area contributed by atoms with Crippen LogP contribution >= 0.6 is 0 Å². The van der Waals surface area contributed by atoms with Crippen LogP contribution < -0.4 is 10.9 Å². The lowest BCUT2D eigenvalue weighted by molar-refractivity contribution is -0.144. The van der Waals surface area contributed by atoms with Gasteiger partial charge in [0.15, 0.2) is 5.82 Å². The lowest BCUT2D eigenvalue weighted by atomic mass is 9.79. The molecule has 0 spiro atoms. The van der Waals surface area contributed by atoms with E-state index in [0.717, 1.165) is 25.7 Å². The summed E-state index contributed by atoms with van der Waals surface area (Å²) >= 11 is 0. The van der Waals surface area contributed by atoms with Crippen LogP contribution in [0.4, 0.5) is 5.82 Å². The van der Waals surface area contributed by atoms with Gasteiger partial charge in [-0.25, -0.2) is 4.98 Å². The van der Waals surface area contributed by atoms with E-state index in [1.54, 1.807) is 17.0 Å². The highest BCUT2D eigenvalue weighted by molar-refractivity contribution is 5.70. The predicted molar refractivity (Wildman–Crippen MR) is 80.5 cm³/mol. The molecular formula is C15H23N3O3. The summed E-state index contributed by atoms with van der Waals surface area (Å²) < 4.78 is 1.62. The van der Waals surface area contributed by atoms with E-state index in [9.17, 15) is 14.7 Å². The van der Waals surface area contributed by atoms with Gasteiger partial charge in [-0.15, -0.1) is 0 Å². The van der Waals surface area contributed by atoms with Crippen LogP contribution in [0.2, 0.25) is 0 Å². The third-order valence-electron chi connectivity index (χ3n) is 4.18. The summed E-state index contributed by atoms with van der Waals surface area (Å²) in [5, 5.41) is 12.3. The number of carboxylic acids is 1. The third-order valence-corrected chi connectivity index (χ3v) is 4.18. The van der Waals surface area contributed by atoms with Crippen LogP contribution in [0, 0.1) is 11.8 Å². The maximum Gasteiger partial charge on any atom is 0.306 e. The Hall–Kier alpha value is -1.85. The summed E-state index contributed by atoms with van der Waals surface area (Å²) in [5.41, 5.74) is -0.157. The highest BCUT2D eigenvalue weighted by atomic mass is 16.4. The van der Waals surface area contributed by atoms with Gasteiger partial charge >= 0.3 is 5.97 Å². The van der Waals surface area contributed by atoms with E-state index in [-0.39, 0.29) is 23.4 Å². The Morgan fingerprint density at radius 3 is 2.86 bits per heavy atom. The zero-order chi connectivity index (χ0) is 15.4. The monoisotopic (exact) mass is 293 g/mol. The van der Waals surface area contributed by atoms with Crippen LogP contribution in [0.1, 0.15) is 45.6 Å². The number of nitrogens with zero attached hydrogens (tertiary/aromatic N) is 2. The first-order valence-electron chi connectivity index (χ1n) is 7.54. The van der Waals surface area contributed by atoms with Crippen molar-refractivity contribution >= 4 is 11.8 Å². The maximum absolute atomic E-state index is 12.2. The van der Waals surface area contributed by atoms with E-state index in [0.29, 0.717) is 12.4 Å². The average molecular weight is 293 g/mol. The number of aromatic nitrogens is 2. The molecule has 1 fully saturated rings. The molecule has 6 heteroatoms. The van der Waals surface area contributed by atoms with Crippen LogP contribution in [0.25, 0.3) is 0 Å². The van der Waals surface area contributed by atoms with Crippen molar-refractivity contribution in [3.05, 3.63) is 22.7 Å². The second-order valence-electron chi connectivity index (χ2n) is 5.95. The zero-order valence-electron chi connectivity index (χ0n) is 12.6. The summed E-state index contributed by atoms with van der Waals surface area (Å²) in [7, 11) is 0. The minimum atomic E-state index is -0.734. The van der Waals surface area contributed by atoms with Crippen LogP contribution in [-0.4, -0.2) is 27.2 Å². The minimum absolute atomic E-state index is 0.0603. The van der Waals surface area contributed by atoms with Crippen molar-refractivity contribution < 1.29 is 9.90 Å². The Morgan fingerprint density at radius 1 is 1.48 bits per heavy atom. The molecular weight excluding hydrogens is 270 g/mol. The van der Waals surface area contributed by atoms with Gasteiger partial charge in [0, 0.05) is 25.0 Å². The van der Waals surface area contributed by atoms with E-state index in [4.69, 9.17) is 0 Å².